The van der Waals surface area contributed by atoms with Crippen molar-refractivity contribution >= 4 is 44.8 Å². The molecule has 0 bridgehead atoms. The van der Waals surface area contributed by atoms with Crippen LogP contribution in [-0.4, -0.2) is 31.2 Å². The molecular formula is C18H18Cl2N2O3S. The number of anilines is 1. The zero-order valence-corrected chi connectivity index (χ0v) is 16.2. The lowest BCUT2D eigenvalue weighted by Crippen LogP contribution is -2.49. The number of hydrogen-bond donors (Lipinski definition) is 1. The molecule has 5 nitrogen and oxygen atoms in total. The van der Waals surface area contributed by atoms with Crippen LogP contribution in [0.2, 0.25) is 10.0 Å². The average molecular weight is 413 g/mol. The SMILES string of the molecule is O=C(Nc1cccc(Cl)c1)[C@@H]1CCCCN1S(=O)(=O)c1ccc(Cl)cc1. The number of nitrogens with zero attached hydrogens (tertiary/aromatic N) is 1. The molecule has 1 heterocycles. The highest BCUT2D eigenvalue weighted by Gasteiger charge is 2.37. The quantitative estimate of drug-likeness (QED) is 0.818. The van der Waals surface area contributed by atoms with Crippen LogP contribution in [0.5, 0.6) is 0 Å². The Morgan fingerprint density at radius 2 is 1.77 bits per heavy atom. The molecule has 1 aliphatic rings. The van der Waals surface area contributed by atoms with Crippen LogP contribution in [0.1, 0.15) is 19.3 Å². The number of nitrogens with one attached hydrogen (secondary N) is 1. The van der Waals surface area contributed by atoms with Gasteiger partial charge in [0.15, 0.2) is 0 Å². The van der Waals surface area contributed by atoms with E-state index in [0.717, 1.165) is 6.42 Å². The van der Waals surface area contributed by atoms with Gasteiger partial charge in [0.1, 0.15) is 6.04 Å². The molecule has 1 saturated heterocycles. The summed E-state index contributed by atoms with van der Waals surface area (Å²) in [5.41, 5.74) is 0.539. The van der Waals surface area contributed by atoms with E-state index in [1.54, 1.807) is 24.3 Å². The highest BCUT2D eigenvalue weighted by molar-refractivity contribution is 7.89. The summed E-state index contributed by atoms with van der Waals surface area (Å²) in [5.74, 6) is -0.357. The topological polar surface area (TPSA) is 66.5 Å². The molecule has 2 aromatic rings. The van der Waals surface area contributed by atoms with Crippen molar-refractivity contribution in [3.63, 3.8) is 0 Å². The van der Waals surface area contributed by atoms with Crippen LogP contribution in [0.3, 0.4) is 0 Å². The van der Waals surface area contributed by atoms with E-state index in [4.69, 9.17) is 23.2 Å². The van der Waals surface area contributed by atoms with Crippen LogP contribution in [-0.2, 0) is 14.8 Å². The van der Waals surface area contributed by atoms with Crippen LogP contribution >= 0.6 is 23.2 Å². The van der Waals surface area contributed by atoms with Gasteiger partial charge >= 0.3 is 0 Å². The maximum absolute atomic E-state index is 13.0. The van der Waals surface area contributed by atoms with Crippen LogP contribution in [0.25, 0.3) is 0 Å². The zero-order valence-electron chi connectivity index (χ0n) is 13.9. The summed E-state index contributed by atoms with van der Waals surface area (Å²) in [5, 5.41) is 3.72. The first-order chi connectivity index (χ1) is 12.4. The molecule has 3 rings (SSSR count). The fourth-order valence-electron chi connectivity index (χ4n) is 2.99. The van der Waals surface area contributed by atoms with Gasteiger partial charge in [0, 0.05) is 22.3 Å². The largest absolute Gasteiger partial charge is 0.325 e. The van der Waals surface area contributed by atoms with Gasteiger partial charge in [-0.1, -0.05) is 35.7 Å². The molecule has 8 heteroatoms. The van der Waals surface area contributed by atoms with Gasteiger partial charge in [-0.05, 0) is 55.3 Å². The number of carbonyl (C=O) groups excluding carboxylic acids is 1. The van der Waals surface area contributed by atoms with Gasteiger partial charge < -0.3 is 5.32 Å². The Labute approximate surface area is 163 Å². The number of amides is 1. The van der Waals surface area contributed by atoms with Gasteiger partial charge in [0.05, 0.1) is 4.90 Å². The van der Waals surface area contributed by atoms with Crippen molar-refractivity contribution in [1.29, 1.82) is 0 Å². The van der Waals surface area contributed by atoms with E-state index in [9.17, 15) is 13.2 Å². The zero-order chi connectivity index (χ0) is 18.7. The van der Waals surface area contributed by atoms with Gasteiger partial charge in [0.2, 0.25) is 15.9 Å². The molecule has 1 N–H and O–H groups in total. The van der Waals surface area contributed by atoms with Crippen molar-refractivity contribution in [3.05, 3.63) is 58.6 Å². The Morgan fingerprint density at radius 3 is 2.46 bits per heavy atom. The number of piperidine rings is 1. The Balaban J connectivity index is 1.85. The predicted octanol–water partition coefficient (Wildman–Crippen LogP) is 4.18. The minimum atomic E-state index is -3.79. The number of halogens is 2. The Hall–Kier alpha value is -1.60. The van der Waals surface area contributed by atoms with Crippen LogP contribution < -0.4 is 5.32 Å². The first-order valence-electron chi connectivity index (χ1n) is 8.22. The maximum atomic E-state index is 13.0. The van der Waals surface area contributed by atoms with E-state index in [0.29, 0.717) is 35.1 Å². The number of carbonyl (C=O) groups is 1. The van der Waals surface area contributed by atoms with Crippen LogP contribution in [0.4, 0.5) is 5.69 Å². The smallest absolute Gasteiger partial charge is 0.243 e. The summed E-state index contributed by atoms with van der Waals surface area (Å²) in [6.07, 6.45) is 1.98. The molecule has 0 aromatic heterocycles. The molecule has 1 aliphatic heterocycles. The molecule has 1 amide bonds. The Morgan fingerprint density at radius 1 is 1.04 bits per heavy atom. The number of hydrogen-bond acceptors (Lipinski definition) is 3. The third kappa shape index (κ3) is 4.20. The average Bonchev–Trinajstić information content (AvgIpc) is 2.62. The summed E-state index contributed by atoms with van der Waals surface area (Å²) in [6, 6.07) is 12.0. The summed E-state index contributed by atoms with van der Waals surface area (Å²) >= 11 is 11.8. The number of sulfonamides is 1. The highest BCUT2D eigenvalue weighted by Crippen LogP contribution is 2.27. The molecule has 0 spiro atoms. The predicted molar refractivity (Wildman–Crippen MR) is 103 cm³/mol. The Kier molecular flexibility index (Phi) is 5.87. The summed E-state index contributed by atoms with van der Waals surface area (Å²) < 4.78 is 27.3. The van der Waals surface area contributed by atoms with Crippen molar-refractivity contribution in [2.75, 3.05) is 11.9 Å². The van der Waals surface area contributed by atoms with Gasteiger partial charge in [-0.25, -0.2) is 8.42 Å². The van der Waals surface area contributed by atoms with E-state index in [1.807, 2.05) is 0 Å². The molecule has 0 unspecified atom stereocenters. The van der Waals surface area contributed by atoms with E-state index >= 15 is 0 Å². The van der Waals surface area contributed by atoms with Crippen LogP contribution in [0, 0.1) is 0 Å². The molecular weight excluding hydrogens is 395 g/mol. The normalized spacial score (nSPS) is 18.5. The van der Waals surface area contributed by atoms with Gasteiger partial charge in [0.25, 0.3) is 0 Å². The molecule has 138 valence electrons. The molecule has 1 atom stereocenters. The Bertz CT molecular complexity index is 901. The summed E-state index contributed by atoms with van der Waals surface area (Å²) in [4.78, 5) is 12.9. The monoisotopic (exact) mass is 412 g/mol. The lowest BCUT2D eigenvalue weighted by atomic mass is 10.0. The fourth-order valence-corrected chi connectivity index (χ4v) is 4.96. The first-order valence-corrected chi connectivity index (χ1v) is 10.4. The first kappa shape index (κ1) is 19.2. The standard InChI is InChI=1S/C18H18Cl2N2O3S/c19-13-7-9-16(10-8-13)26(24,25)22-11-2-1-6-17(22)18(23)21-15-5-3-4-14(20)12-15/h3-5,7-10,12,17H,1-2,6,11H2,(H,21,23)/t17-/m0/s1. The van der Waals surface area contributed by atoms with Crippen molar-refractivity contribution in [3.8, 4) is 0 Å². The number of benzene rings is 2. The minimum Gasteiger partial charge on any atom is -0.325 e. The van der Waals surface area contributed by atoms with Crippen molar-refractivity contribution in [1.82, 2.24) is 4.31 Å². The second kappa shape index (κ2) is 7.96. The van der Waals surface area contributed by atoms with E-state index in [1.165, 1.54) is 28.6 Å². The molecule has 1 fully saturated rings. The minimum absolute atomic E-state index is 0.129. The second-order valence-corrected chi connectivity index (χ2v) is 8.84. The van der Waals surface area contributed by atoms with Crippen molar-refractivity contribution in [2.24, 2.45) is 0 Å². The van der Waals surface area contributed by atoms with Gasteiger partial charge in [-0.3, -0.25) is 4.79 Å². The number of rotatable bonds is 4. The highest BCUT2D eigenvalue weighted by atomic mass is 35.5. The second-order valence-electron chi connectivity index (χ2n) is 6.08. The third-order valence-corrected chi connectivity index (χ3v) is 6.68. The third-order valence-electron chi connectivity index (χ3n) is 4.27. The van der Waals surface area contributed by atoms with Gasteiger partial charge in [-0.15, -0.1) is 0 Å². The molecule has 0 radical (unpaired) electrons. The van der Waals surface area contributed by atoms with E-state index in [2.05, 4.69) is 5.32 Å². The van der Waals surface area contributed by atoms with Crippen molar-refractivity contribution in [2.45, 2.75) is 30.2 Å². The molecule has 26 heavy (non-hydrogen) atoms. The summed E-state index contributed by atoms with van der Waals surface area (Å²) in [7, 11) is -3.79. The van der Waals surface area contributed by atoms with Gasteiger partial charge in [-0.2, -0.15) is 4.31 Å². The van der Waals surface area contributed by atoms with Crippen molar-refractivity contribution < 1.29 is 13.2 Å². The lowest BCUT2D eigenvalue weighted by Gasteiger charge is -2.33. The van der Waals surface area contributed by atoms with E-state index in [-0.39, 0.29) is 10.8 Å². The van der Waals surface area contributed by atoms with E-state index < -0.39 is 16.1 Å². The fraction of sp³-hybridized carbons (Fsp3) is 0.278. The lowest BCUT2D eigenvalue weighted by molar-refractivity contribution is -0.120. The molecule has 2 aromatic carbocycles. The maximum Gasteiger partial charge on any atom is 0.243 e. The molecule has 0 aliphatic carbocycles. The summed E-state index contributed by atoms with van der Waals surface area (Å²) in [6.45, 7) is 0.304. The molecule has 0 saturated carbocycles. The van der Waals surface area contributed by atoms with Crippen LogP contribution in [0.15, 0.2) is 53.4 Å².